The molecule has 0 heterocycles. The number of hydrogen-bond acceptors (Lipinski definition) is 1. The van der Waals surface area contributed by atoms with Crippen molar-refractivity contribution in [2.45, 2.75) is 0 Å². The van der Waals surface area contributed by atoms with E-state index in [1.54, 1.807) is 0 Å². The highest BCUT2D eigenvalue weighted by atomic mass is 14.9. The van der Waals surface area contributed by atoms with Crippen molar-refractivity contribution >= 4 is 22.1 Å². The summed E-state index contributed by atoms with van der Waals surface area (Å²) in [6.07, 6.45) is 0. The minimum Gasteiger partial charge on any atom is -0.356 e. The van der Waals surface area contributed by atoms with Gasteiger partial charge in [-0.05, 0) is 74.5 Å². The SMILES string of the molecule is c1ccc(-c2ccc(Nc3ccc(-c4ccc5ccccc5c4)c(-c4ccccc4)c3)cc2)cc1. The zero-order chi connectivity index (χ0) is 23.5. The van der Waals surface area contributed by atoms with Gasteiger partial charge >= 0.3 is 0 Å². The molecule has 0 unspecified atom stereocenters. The molecule has 6 rings (SSSR count). The Morgan fingerprint density at radius 2 is 0.886 bits per heavy atom. The average molecular weight is 448 g/mol. The van der Waals surface area contributed by atoms with Crippen LogP contribution in [-0.2, 0) is 0 Å². The van der Waals surface area contributed by atoms with Gasteiger partial charge in [-0.25, -0.2) is 0 Å². The molecule has 0 atom stereocenters. The fourth-order valence-corrected chi connectivity index (χ4v) is 4.63. The Morgan fingerprint density at radius 1 is 0.314 bits per heavy atom. The molecule has 6 aromatic carbocycles. The van der Waals surface area contributed by atoms with Gasteiger partial charge in [-0.1, -0.05) is 115 Å². The molecule has 0 aliphatic carbocycles. The molecule has 0 aromatic heterocycles. The highest BCUT2D eigenvalue weighted by Crippen LogP contribution is 2.36. The quantitative estimate of drug-likeness (QED) is 0.277. The molecule has 1 heteroatoms. The van der Waals surface area contributed by atoms with Crippen LogP contribution in [0, 0.1) is 0 Å². The highest BCUT2D eigenvalue weighted by Gasteiger charge is 2.10. The summed E-state index contributed by atoms with van der Waals surface area (Å²) in [6, 6.07) is 51.6. The van der Waals surface area contributed by atoms with Crippen molar-refractivity contribution < 1.29 is 0 Å². The number of rotatable bonds is 5. The maximum atomic E-state index is 3.60. The van der Waals surface area contributed by atoms with Crippen molar-refractivity contribution in [2.24, 2.45) is 0 Å². The van der Waals surface area contributed by atoms with Crippen molar-refractivity contribution in [1.82, 2.24) is 0 Å². The maximum absolute atomic E-state index is 3.60. The maximum Gasteiger partial charge on any atom is 0.0390 e. The van der Waals surface area contributed by atoms with E-state index < -0.39 is 0 Å². The topological polar surface area (TPSA) is 12.0 Å². The van der Waals surface area contributed by atoms with E-state index in [4.69, 9.17) is 0 Å². The Hall–Kier alpha value is -4.62. The first kappa shape index (κ1) is 20.9. The Labute approximate surface area is 206 Å². The molecule has 166 valence electrons. The fourth-order valence-electron chi connectivity index (χ4n) is 4.63. The van der Waals surface area contributed by atoms with Crippen LogP contribution >= 0.6 is 0 Å². The predicted octanol–water partition coefficient (Wildman–Crippen LogP) is 9.58. The van der Waals surface area contributed by atoms with Crippen LogP contribution in [0.4, 0.5) is 11.4 Å². The van der Waals surface area contributed by atoms with Crippen LogP contribution in [0.25, 0.3) is 44.2 Å². The predicted molar refractivity (Wildman–Crippen MR) is 150 cm³/mol. The van der Waals surface area contributed by atoms with Gasteiger partial charge in [0.1, 0.15) is 0 Å². The van der Waals surface area contributed by atoms with Crippen molar-refractivity contribution in [1.29, 1.82) is 0 Å². The Morgan fingerprint density at radius 3 is 1.63 bits per heavy atom. The largest absolute Gasteiger partial charge is 0.356 e. The fraction of sp³-hybridized carbons (Fsp3) is 0. The number of anilines is 2. The van der Waals surface area contributed by atoms with Gasteiger partial charge in [0, 0.05) is 11.4 Å². The van der Waals surface area contributed by atoms with Gasteiger partial charge in [0.25, 0.3) is 0 Å². The summed E-state index contributed by atoms with van der Waals surface area (Å²) < 4.78 is 0. The minimum atomic E-state index is 1.07. The van der Waals surface area contributed by atoms with E-state index in [9.17, 15) is 0 Å². The van der Waals surface area contributed by atoms with E-state index in [0.717, 1.165) is 11.4 Å². The lowest BCUT2D eigenvalue weighted by atomic mass is 9.92. The van der Waals surface area contributed by atoms with Gasteiger partial charge < -0.3 is 5.32 Å². The van der Waals surface area contributed by atoms with E-state index >= 15 is 0 Å². The molecule has 1 nitrogen and oxygen atoms in total. The van der Waals surface area contributed by atoms with Gasteiger partial charge in [-0.2, -0.15) is 0 Å². The van der Waals surface area contributed by atoms with Gasteiger partial charge in [-0.3, -0.25) is 0 Å². The van der Waals surface area contributed by atoms with Crippen LogP contribution in [-0.4, -0.2) is 0 Å². The molecular formula is C34H25N. The summed E-state index contributed by atoms with van der Waals surface area (Å²) in [7, 11) is 0. The number of hydrogen-bond donors (Lipinski definition) is 1. The number of nitrogens with one attached hydrogen (secondary N) is 1. The zero-order valence-electron chi connectivity index (χ0n) is 19.4. The Bertz CT molecular complexity index is 1580. The summed E-state index contributed by atoms with van der Waals surface area (Å²) in [5.74, 6) is 0. The molecule has 1 N–H and O–H groups in total. The third-order valence-corrected chi connectivity index (χ3v) is 6.45. The summed E-state index contributed by atoms with van der Waals surface area (Å²) >= 11 is 0. The van der Waals surface area contributed by atoms with Crippen LogP contribution in [0.1, 0.15) is 0 Å². The molecule has 0 saturated heterocycles. The van der Waals surface area contributed by atoms with E-state index in [1.807, 2.05) is 6.07 Å². The number of benzene rings is 6. The molecule has 0 spiro atoms. The van der Waals surface area contributed by atoms with Crippen LogP contribution in [0.15, 0.2) is 146 Å². The molecule has 0 fully saturated rings. The van der Waals surface area contributed by atoms with Crippen LogP contribution in [0.5, 0.6) is 0 Å². The van der Waals surface area contributed by atoms with E-state index in [-0.39, 0.29) is 0 Å². The lowest BCUT2D eigenvalue weighted by molar-refractivity contribution is 1.52. The standard InChI is InChI=1S/C34H25N/c1-3-9-25(10-4-1)27-17-19-31(20-18-27)35-32-21-22-33(34(24-32)28-12-5-2-6-13-28)30-16-15-26-11-7-8-14-29(26)23-30/h1-24,35H. The average Bonchev–Trinajstić information content (AvgIpc) is 2.94. The van der Waals surface area contributed by atoms with E-state index in [1.165, 1.54) is 44.2 Å². The summed E-state index contributed by atoms with van der Waals surface area (Å²) in [5.41, 5.74) is 9.46. The molecule has 0 radical (unpaired) electrons. The molecular weight excluding hydrogens is 422 g/mol. The third kappa shape index (κ3) is 4.45. The monoisotopic (exact) mass is 447 g/mol. The van der Waals surface area contributed by atoms with E-state index in [0.29, 0.717) is 0 Å². The van der Waals surface area contributed by atoms with Crippen molar-refractivity contribution in [3.8, 4) is 33.4 Å². The van der Waals surface area contributed by atoms with Gasteiger partial charge in [0.2, 0.25) is 0 Å². The highest BCUT2D eigenvalue weighted by molar-refractivity contribution is 5.92. The molecule has 0 bridgehead atoms. The molecule has 0 saturated carbocycles. The van der Waals surface area contributed by atoms with Crippen molar-refractivity contribution in [3.05, 3.63) is 146 Å². The van der Waals surface area contributed by atoms with Crippen LogP contribution < -0.4 is 5.32 Å². The lowest BCUT2D eigenvalue weighted by Crippen LogP contribution is -1.93. The minimum absolute atomic E-state index is 1.07. The van der Waals surface area contributed by atoms with Gasteiger partial charge in [-0.15, -0.1) is 0 Å². The van der Waals surface area contributed by atoms with Crippen molar-refractivity contribution in [3.63, 3.8) is 0 Å². The second-order valence-electron chi connectivity index (χ2n) is 8.76. The molecule has 6 aromatic rings. The lowest BCUT2D eigenvalue weighted by Gasteiger charge is -2.15. The molecule has 0 amide bonds. The zero-order valence-corrected chi connectivity index (χ0v) is 19.4. The molecule has 0 aliphatic heterocycles. The van der Waals surface area contributed by atoms with Crippen LogP contribution in [0.2, 0.25) is 0 Å². The van der Waals surface area contributed by atoms with Crippen molar-refractivity contribution in [2.75, 3.05) is 5.32 Å². The summed E-state index contributed by atoms with van der Waals surface area (Å²) in [5, 5.41) is 6.11. The normalized spacial score (nSPS) is 10.9. The first-order chi connectivity index (χ1) is 17.3. The van der Waals surface area contributed by atoms with Crippen LogP contribution in [0.3, 0.4) is 0 Å². The summed E-state index contributed by atoms with van der Waals surface area (Å²) in [4.78, 5) is 0. The molecule has 0 aliphatic rings. The molecule has 35 heavy (non-hydrogen) atoms. The van der Waals surface area contributed by atoms with E-state index in [2.05, 4.69) is 145 Å². The third-order valence-electron chi connectivity index (χ3n) is 6.45. The second-order valence-corrected chi connectivity index (χ2v) is 8.76. The van der Waals surface area contributed by atoms with Gasteiger partial charge in [0.05, 0.1) is 0 Å². The first-order valence-electron chi connectivity index (χ1n) is 11.9. The second kappa shape index (κ2) is 9.32. The van der Waals surface area contributed by atoms with Gasteiger partial charge in [0.15, 0.2) is 0 Å². The number of fused-ring (bicyclic) bond motifs is 1. The smallest absolute Gasteiger partial charge is 0.0390 e. The Kier molecular flexibility index (Phi) is 5.58. The summed E-state index contributed by atoms with van der Waals surface area (Å²) in [6.45, 7) is 0. The Balaban J connectivity index is 1.36. The first-order valence-corrected chi connectivity index (χ1v) is 11.9.